The Balaban J connectivity index is 1.81. The molecule has 5 nitrogen and oxygen atoms in total. The summed E-state index contributed by atoms with van der Waals surface area (Å²) in [6.07, 6.45) is 3.14. The Morgan fingerprint density at radius 1 is 1.36 bits per heavy atom. The van der Waals surface area contributed by atoms with Crippen LogP contribution < -0.4 is 0 Å². The van der Waals surface area contributed by atoms with Crippen molar-refractivity contribution in [3.8, 4) is 10.6 Å². The van der Waals surface area contributed by atoms with Crippen molar-refractivity contribution in [3.63, 3.8) is 0 Å². The molecule has 3 rings (SSSR count). The van der Waals surface area contributed by atoms with E-state index < -0.39 is 0 Å². The van der Waals surface area contributed by atoms with Gasteiger partial charge in [0.1, 0.15) is 10.8 Å². The predicted octanol–water partition coefficient (Wildman–Crippen LogP) is 3.99. The van der Waals surface area contributed by atoms with Crippen molar-refractivity contribution >= 4 is 17.3 Å². The van der Waals surface area contributed by atoms with Crippen LogP contribution in [0.4, 0.5) is 4.39 Å². The molecule has 0 saturated carbocycles. The minimum atomic E-state index is -0.383. The average molecular weight is 359 g/mol. The van der Waals surface area contributed by atoms with Crippen molar-refractivity contribution in [2.75, 3.05) is 6.61 Å². The number of hydrogen-bond donors (Lipinski definition) is 0. The Labute approximate surface area is 149 Å². The van der Waals surface area contributed by atoms with Gasteiger partial charge < -0.3 is 4.74 Å². The monoisotopic (exact) mass is 359 g/mol. The van der Waals surface area contributed by atoms with Crippen LogP contribution >= 0.6 is 11.3 Å². The van der Waals surface area contributed by atoms with E-state index in [4.69, 9.17) is 4.74 Å². The molecule has 0 aliphatic heterocycles. The highest BCUT2D eigenvalue weighted by atomic mass is 32.1. The fourth-order valence-electron chi connectivity index (χ4n) is 2.40. The molecule has 2 heterocycles. The van der Waals surface area contributed by atoms with Gasteiger partial charge in [0.2, 0.25) is 0 Å². The van der Waals surface area contributed by atoms with Gasteiger partial charge in [-0.05, 0) is 44.5 Å². The Hall–Kier alpha value is -2.54. The summed E-state index contributed by atoms with van der Waals surface area (Å²) in [6, 6.07) is 4.99. The lowest BCUT2D eigenvalue weighted by Gasteiger charge is -2.00. The van der Waals surface area contributed by atoms with E-state index in [-0.39, 0.29) is 11.8 Å². The van der Waals surface area contributed by atoms with E-state index >= 15 is 0 Å². The number of aryl methyl sites for hydroxylation is 2. The molecule has 130 valence electrons. The molecule has 0 amide bonds. The van der Waals surface area contributed by atoms with Crippen molar-refractivity contribution in [1.82, 2.24) is 14.8 Å². The summed E-state index contributed by atoms with van der Waals surface area (Å²) < 4.78 is 20.1. The van der Waals surface area contributed by atoms with Gasteiger partial charge in [0.25, 0.3) is 0 Å². The molecular weight excluding hydrogens is 341 g/mol. The van der Waals surface area contributed by atoms with Crippen molar-refractivity contribution in [2.45, 2.75) is 27.3 Å². The van der Waals surface area contributed by atoms with Crippen molar-refractivity contribution in [3.05, 3.63) is 58.1 Å². The molecule has 0 bridgehead atoms. The molecule has 0 saturated heterocycles. The van der Waals surface area contributed by atoms with Crippen LogP contribution in [0.5, 0.6) is 0 Å². The van der Waals surface area contributed by atoms with Gasteiger partial charge >= 0.3 is 5.97 Å². The molecule has 0 N–H and O–H groups in total. The maximum absolute atomic E-state index is 13.4. The Morgan fingerprint density at radius 2 is 2.16 bits per heavy atom. The Kier molecular flexibility index (Phi) is 4.94. The molecule has 3 aromatic rings. The minimum Gasteiger partial charge on any atom is -0.462 e. The maximum atomic E-state index is 13.4. The summed E-state index contributed by atoms with van der Waals surface area (Å²) in [5, 5.41) is 5.04. The number of thiazole rings is 1. The molecule has 0 radical (unpaired) electrons. The number of hydrogen-bond acceptors (Lipinski definition) is 5. The van der Waals surface area contributed by atoms with Gasteiger partial charge in [0.05, 0.1) is 30.6 Å². The highest BCUT2D eigenvalue weighted by Crippen LogP contribution is 2.29. The summed E-state index contributed by atoms with van der Waals surface area (Å²) in [5.74, 6) is -0.605. The average Bonchev–Trinajstić information content (AvgIpc) is 3.18. The predicted molar refractivity (Wildman–Crippen MR) is 94.3 cm³/mol. The number of ether oxygens (including phenoxy) is 1. The zero-order valence-corrected chi connectivity index (χ0v) is 15.1. The Morgan fingerprint density at radius 3 is 2.88 bits per heavy atom. The lowest BCUT2D eigenvalue weighted by Crippen LogP contribution is -2.04. The van der Waals surface area contributed by atoms with E-state index in [1.807, 2.05) is 6.92 Å². The number of aromatic nitrogens is 3. The van der Waals surface area contributed by atoms with E-state index in [9.17, 15) is 9.18 Å². The molecule has 7 heteroatoms. The van der Waals surface area contributed by atoms with E-state index in [1.165, 1.54) is 12.3 Å². The van der Waals surface area contributed by atoms with Gasteiger partial charge in [-0.15, -0.1) is 11.3 Å². The van der Waals surface area contributed by atoms with Crippen LogP contribution in [-0.4, -0.2) is 27.3 Å². The van der Waals surface area contributed by atoms with E-state index in [2.05, 4.69) is 10.1 Å². The normalized spacial score (nSPS) is 10.9. The van der Waals surface area contributed by atoms with Crippen LogP contribution in [0.25, 0.3) is 10.6 Å². The van der Waals surface area contributed by atoms with Crippen LogP contribution in [0, 0.1) is 19.7 Å². The van der Waals surface area contributed by atoms with Crippen LogP contribution in [0.1, 0.15) is 33.4 Å². The molecule has 1 aromatic carbocycles. The molecule has 0 unspecified atom stereocenters. The molecule has 25 heavy (non-hydrogen) atoms. The fourth-order valence-corrected chi connectivity index (χ4v) is 3.32. The summed E-state index contributed by atoms with van der Waals surface area (Å²) in [4.78, 5) is 17.4. The topological polar surface area (TPSA) is 57.0 Å². The molecule has 0 aliphatic carbocycles. The largest absolute Gasteiger partial charge is 0.462 e. The van der Waals surface area contributed by atoms with Gasteiger partial charge in [-0.2, -0.15) is 5.10 Å². The van der Waals surface area contributed by atoms with Crippen LogP contribution in [0.15, 0.2) is 30.6 Å². The molecule has 0 aliphatic rings. The summed E-state index contributed by atoms with van der Waals surface area (Å²) >= 11 is 1.56. The van der Waals surface area contributed by atoms with Crippen molar-refractivity contribution in [2.24, 2.45) is 0 Å². The third kappa shape index (κ3) is 3.76. The zero-order valence-electron chi connectivity index (χ0n) is 14.2. The first kappa shape index (κ1) is 17.3. The van der Waals surface area contributed by atoms with Crippen molar-refractivity contribution in [1.29, 1.82) is 0 Å². The highest BCUT2D eigenvalue weighted by Gasteiger charge is 2.14. The lowest BCUT2D eigenvalue weighted by atomic mass is 10.1. The molecule has 2 aromatic heterocycles. The summed E-state index contributed by atoms with van der Waals surface area (Å²) in [6.45, 7) is 6.28. The first-order valence-electron chi connectivity index (χ1n) is 7.90. The summed E-state index contributed by atoms with van der Waals surface area (Å²) in [5.41, 5.74) is 2.79. The standard InChI is InChI=1S/C18H18FN3O2S/c1-4-24-18(23)14-8-20-22(9-14)10-16-12(3)25-17(21-16)13-5-6-15(19)11(2)7-13/h5-9H,4,10H2,1-3H3. The number of halogens is 1. The molecule has 0 fully saturated rings. The Bertz CT molecular complexity index is 917. The lowest BCUT2D eigenvalue weighted by molar-refractivity contribution is 0.0526. The third-order valence-corrected chi connectivity index (χ3v) is 4.82. The second kappa shape index (κ2) is 7.14. The third-order valence-electron chi connectivity index (χ3n) is 3.75. The number of benzene rings is 1. The highest BCUT2D eigenvalue weighted by molar-refractivity contribution is 7.15. The van der Waals surface area contributed by atoms with Crippen molar-refractivity contribution < 1.29 is 13.9 Å². The second-order valence-electron chi connectivity index (χ2n) is 5.63. The minimum absolute atomic E-state index is 0.222. The number of esters is 1. The first-order chi connectivity index (χ1) is 12.0. The zero-order chi connectivity index (χ0) is 18.0. The number of carbonyl (C=O) groups is 1. The smallest absolute Gasteiger partial charge is 0.341 e. The number of rotatable bonds is 5. The number of nitrogens with zero attached hydrogens (tertiary/aromatic N) is 3. The summed E-state index contributed by atoms with van der Waals surface area (Å²) in [7, 11) is 0. The molecular formula is C18H18FN3O2S. The van der Waals surface area contributed by atoms with E-state index in [1.54, 1.807) is 48.2 Å². The quantitative estimate of drug-likeness (QED) is 0.647. The fraction of sp³-hybridized carbons (Fsp3) is 0.278. The van der Waals surface area contributed by atoms with Crippen LogP contribution in [-0.2, 0) is 11.3 Å². The van der Waals surface area contributed by atoms with E-state index in [0.29, 0.717) is 24.3 Å². The molecule has 0 spiro atoms. The van der Waals surface area contributed by atoms with Gasteiger partial charge in [-0.1, -0.05) is 0 Å². The molecule has 0 atom stereocenters. The van der Waals surface area contributed by atoms with Gasteiger partial charge in [0, 0.05) is 16.6 Å². The SMILES string of the molecule is CCOC(=O)c1cnn(Cc2nc(-c3ccc(F)c(C)c3)sc2C)c1. The second-order valence-corrected chi connectivity index (χ2v) is 6.84. The van der Waals surface area contributed by atoms with Gasteiger partial charge in [-0.25, -0.2) is 14.2 Å². The van der Waals surface area contributed by atoms with Gasteiger partial charge in [0.15, 0.2) is 0 Å². The first-order valence-corrected chi connectivity index (χ1v) is 8.72. The van der Waals surface area contributed by atoms with E-state index in [0.717, 1.165) is 21.1 Å². The number of carbonyl (C=O) groups excluding carboxylic acids is 1. The maximum Gasteiger partial charge on any atom is 0.341 e. The van der Waals surface area contributed by atoms with Gasteiger partial charge in [-0.3, -0.25) is 4.68 Å². The van der Waals surface area contributed by atoms with Crippen LogP contribution in [0.2, 0.25) is 0 Å². The van der Waals surface area contributed by atoms with Crippen LogP contribution in [0.3, 0.4) is 0 Å².